The van der Waals surface area contributed by atoms with E-state index in [-0.39, 0.29) is 5.82 Å². The summed E-state index contributed by atoms with van der Waals surface area (Å²) in [5.41, 5.74) is 1.10. The smallest absolute Gasteiger partial charge is 0.129 e. The van der Waals surface area contributed by atoms with Crippen molar-refractivity contribution in [2.75, 3.05) is 0 Å². The molecule has 0 saturated carbocycles. The average molecular weight is 254 g/mol. The van der Waals surface area contributed by atoms with Gasteiger partial charge in [0.25, 0.3) is 0 Å². The highest BCUT2D eigenvalue weighted by atomic mass is 35.5. The van der Waals surface area contributed by atoms with E-state index in [2.05, 4.69) is 4.98 Å². The Hall–Kier alpha value is -1.06. The van der Waals surface area contributed by atoms with Crippen LogP contribution in [0.3, 0.4) is 0 Å². The summed E-state index contributed by atoms with van der Waals surface area (Å²) in [4.78, 5) is 5.04. The van der Waals surface area contributed by atoms with E-state index in [1.54, 1.807) is 36.2 Å². The first-order valence-electron chi connectivity index (χ1n) is 4.73. The summed E-state index contributed by atoms with van der Waals surface area (Å²) in [5.74, 6) is 0.591. The Morgan fingerprint density at radius 2 is 1.88 bits per heavy atom. The van der Waals surface area contributed by atoms with E-state index in [0.717, 1.165) is 16.2 Å². The van der Waals surface area contributed by atoms with Crippen molar-refractivity contribution in [3.05, 3.63) is 59.1 Å². The van der Waals surface area contributed by atoms with Gasteiger partial charge in [0.2, 0.25) is 0 Å². The van der Waals surface area contributed by atoms with Gasteiger partial charge in [-0.25, -0.2) is 9.37 Å². The zero-order valence-corrected chi connectivity index (χ0v) is 9.93. The maximum absolute atomic E-state index is 12.7. The Morgan fingerprint density at radius 1 is 1.12 bits per heavy atom. The molecule has 1 aromatic heterocycles. The van der Waals surface area contributed by atoms with Crippen LogP contribution >= 0.6 is 23.4 Å². The monoisotopic (exact) mass is 253 g/mol. The third kappa shape index (κ3) is 3.22. The standard InChI is InChI=1S/C12H9ClFNS/c13-12-6-1-9(7-15-12)8-16-11-4-2-10(14)3-5-11/h1-7H,8H2. The minimum absolute atomic E-state index is 0.211. The second-order valence-electron chi connectivity index (χ2n) is 3.23. The number of halogens is 2. The molecule has 0 N–H and O–H groups in total. The van der Waals surface area contributed by atoms with Crippen molar-refractivity contribution in [3.8, 4) is 0 Å². The third-order valence-electron chi connectivity index (χ3n) is 2.01. The van der Waals surface area contributed by atoms with E-state index >= 15 is 0 Å². The molecule has 0 fully saturated rings. The van der Waals surface area contributed by atoms with Gasteiger partial charge in [0, 0.05) is 16.8 Å². The number of rotatable bonds is 3. The van der Waals surface area contributed by atoms with Crippen molar-refractivity contribution in [3.63, 3.8) is 0 Å². The molecular formula is C12H9ClFNS. The molecule has 0 aliphatic heterocycles. The molecule has 2 rings (SSSR count). The number of hydrogen-bond donors (Lipinski definition) is 0. The van der Waals surface area contributed by atoms with Gasteiger partial charge >= 0.3 is 0 Å². The molecule has 0 spiro atoms. The van der Waals surface area contributed by atoms with Gasteiger partial charge in [-0.15, -0.1) is 11.8 Å². The molecule has 0 saturated heterocycles. The lowest BCUT2D eigenvalue weighted by Gasteiger charge is -2.01. The molecular weight excluding hydrogens is 245 g/mol. The minimum Gasteiger partial charge on any atom is -0.244 e. The number of nitrogens with zero attached hydrogens (tertiary/aromatic N) is 1. The Morgan fingerprint density at radius 3 is 2.50 bits per heavy atom. The van der Waals surface area contributed by atoms with Crippen molar-refractivity contribution in [1.82, 2.24) is 4.98 Å². The van der Waals surface area contributed by atoms with Gasteiger partial charge in [-0.2, -0.15) is 0 Å². The molecule has 1 nitrogen and oxygen atoms in total. The predicted octanol–water partition coefficient (Wildman–Crippen LogP) is 4.17. The van der Waals surface area contributed by atoms with Crippen LogP contribution in [0.15, 0.2) is 47.5 Å². The largest absolute Gasteiger partial charge is 0.244 e. The molecule has 0 bridgehead atoms. The summed E-state index contributed by atoms with van der Waals surface area (Å²) in [6, 6.07) is 10.2. The number of benzene rings is 1. The van der Waals surface area contributed by atoms with Gasteiger partial charge in [0.05, 0.1) is 0 Å². The zero-order chi connectivity index (χ0) is 11.4. The molecule has 0 amide bonds. The summed E-state index contributed by atoms with van der Waals surface area (Å²) >= 11 is 7.32. The Kier molecular flexibility index (Phi) is 3.80. The number of hydrogen-bond acceptors (Lipinski definition) is 2. The fraction of sp³-hybridized carbons (Fsp3) is 0.0833. The second-order valence-corrected chi connectivity index (χ2v) is 4.67. The minimum atomic E-state index is -0.211. The summed E-state index contributed by atoms with van der Waals surface area (Å²) < 4.78 is 12.7. The Bertz CT molecular complexity index is 410. The maximum Gasteiger partial charge on any atom is 0.129 e. The van der Waals surface area contributed by atoms with Gasteiger partial charge in [0.1, 0.15) is 11.0 Å². The van der Waals surface area contributed by atoms with Crippen molar-refractivity contribution in [1.29, 1.82) is 0 Å². The fourth-order valence-electron chi connectivity index (χ4n) is 1.19. The number of thioether (sulfide) groups is 1. The summed E-state index contributed by atoms with van der Waals surface area (Å²) in [6.07, 6.45) is 1.75. The van der Waals surface area contributed by atoms with Crippen molar-refractivity contribution < 1.29 is 4.39 Å². The lowest BCUT2D eigenvalue weighted by molar-refractivity contribution is 0.626. The first-order valence-corrected chi connectivity index (χ1v) is 6.09. The molecule has 0 atom stereocenters. The van der Waals surface area contributed by atoms with E-state index in [9.17, 15) is 4.39 Å². The third-order valence-corrected chi connectivity index (χ3v) is 3.31. The first-order chi connectivity index (χ1) is 7.74. The normalized spacial score (nSPS) is 10.4. The average Bonchev–Trinajstić information content (AvgIpc) is 2.30. The topological polar surface area (TPSA) is 12.9 Å². The van der Waals surface area contributed by atoms with Crippen LogP contribution in [0.2, 0.25) is 5.15 Å². The number of aromatic nitrogens is 1. The van der Waals surface area contributed by atoms with Crippen molar-refractivity contribution in [2.45, 2.75) is 10.6 Å². The molecule has 0 unspecified atom stereocenters. The van der Waals surface area contributed by atoms with Gasteiger partial charge in [0.15, 0.2) is 0 Å². The highest BCUT2D eigenvalue weighted by Gasteiger charge is 1.97. The highest BCUT2D eigenvalue weighted by Crippen LogP contribution is 2.22. The van der Waals surface area contributed by atoms with Crippen molar-refractivity contribution >= 4 is 23.4 Å². The van der Waals surface area contributed by atoms with E-state index < -0.39 is 0 Å². The van der Waals surface area contributed by atoms with Crippen LogP contribution in [0.4, 0.5) is 4.39 Å². The maximum atomic E-state index is 12.7. The molecule has 0 radical (unpaired) electrons. The first kappa shape index (κ1) is 11.4. The molecule has 0 aliphatic rings. The Labute approximate surface area is 103 Å². The van der Waals surface area contributed by atoms with E-state index in [4.69, 9.17) is 11.6 Å². The molecule has 82 valence electrons. The van der Waals surface area contributed by atoms with Crippen LogP contribution in [0.25, 0.3) is 0 Å². The molecule has 16 heavy (non-hydrogen) atoms. The van der Waals surface area contributed by atoms with Crippen LogP contribution in [0, 0.1) is 5.82 Å². The SMILES string of the molecule is Fc1ccc(SCc2ccc(Cl)nc2)cc1. The molecule has 0 aliphatic carbocycles. The molecule has 1 heterocycles. The second kappa shape index (κ2) is 5.32. The zero-order valence-electron chi connectivity index (χ0n) is 8.36. The summed E-state index contributed by atoms with van der Waals surface area (Å²) in [7, 11) is 0. The van der Waals surface area contributed by atoms with Gasteiger partial charge in [-0.3, -0.25) is 0 Å². The van der Waals surface area contributed by atoms with Crippen LogP contribution < -0.4 is 0 Å². The lowest BCUT2D eigenvalue weighted by atomic mass is 10.3. The number of pyridine rings is 1. The summed E-state index contributed by atoms with van der Waals surface area (Å²) in [6.45, 7) is 0. The van der Waals surface area contributed by atoms with E-state index in [1.165, 1.54) is 12.1 Å². The van der Waals surface area contributed by atoms with E-state index in [1.807, 2.05) is 6.07 Å². The van der Waals surface area contributed by atoms with Gasteiger partial charge < -0.3 is 0 Å². The quantitative estimate of drug-likeness (QED) is 0.602. The molecule has 2 aromatic rings. The fourth-order valence-corrected chi connectivity index (χ4v) is 2.13. The highest BCUT2D eigenvalue weighted by molar-refractivity contribution is 7.98. The summed E-state index contributed by atoms with van der Waals surface area (Å²) in [5, 5.41) is 0.496. The van der Waals surface area contributed by atoms with E-state index in [0.29, 0.717) is 5.15 Å². The van der Waals surface area contributed by atoms with Crippen LogP contribution in [-0.2, 0) is 5.75 Å². The van der Waals surface area contributed by atoms with Gasteiger partial charge in [-0.1, -0.05) is 17.7 Å². The van der Waals surface area contributed by atoms with Gasteiger partial charge in [-0.05, 0) is 35.9 Å². The van der Waals surface area contributed by atoms with Crippen molar-refractivity contribution in [2.24, 2.45) is 0 Å². The molecule has 1 aromatic carbocycles. The van der Waals surface area contributed by atoms with Crippen LogP contribution in [0.1, 0.15) is 5.56 Å². The predicted molar refractivity (Wildman–Crippen MR) is 65.2 cm³/mol. The Balaban J connectivity index is 1.97. The molecule has 4 heteroatoms. The lowest BCUT2D eigenvalue weighted by Crippen LogP contribution is -1.83. The van der Waals surface area contributed by atoms with Crippen LogP contribution in [-0.4, -0.2) is 4.98 Å². The van der Waals surface area contributed by atoms with Crippen LogP contribution in [0.5, 0.6) is 0 Å².